The number of unbranched alkanes of at least 4 members (excludes halogenated alkanes) is 1. The van der Waals surface area contributed by atoms with Crippen LogP contribution >= 0.6 is 0 Å². The largest absolute Gasteiger partial charge is 0.307 e. The molecule has 0 aromatic heterocycles. The Morgan fingerprint density at radius 3 is 1.75 bits per heavy atom. The van der Waals surface area contributed by atoms with Crippen LogP contribution < -0.4 is 5.32 Å². The molecule has 20 heavy (non-hydrogen) atoms. The Kier molecular flexibility index (Phi) is 7.52. The van der Waals surface area contributed by atoms with E-state index >= 15 is 0 Å². The van der Waals surface area contributed by atoms with Crippen molar-refractivity contribution in [2.45, 2.75) is 105 Å². The Morgan fingerprint density at radius 1 is 0.900 bits per heavy atom. The average molecular weight is 282 g/mol. The molecule has 1 nitrogen and oxygen atoms in total. The van der Waals surface area contributed by atoms with Crippen LogP contribution in [-0.4, -0.2) is 11.1 Å². The fourth-order valence-corrected chi connectivity index (χ4v) is 2.82. The van der Waals surface area contributed by atoms with Gasteiger partial charge < -0.3 is 5.32 Å². The van der Waals surface area contributed by atoms with Crippen molar-refractivity contribution in [1.82, 2.24) is 5.32 Å². The Morgan fingerprint density at radius 2 is 1.40 bits per heavy atom. The van der Waals surface area contributed by atoms with Crippen molar-refractivity contribution < 1.29 is 0 Å². The lowest BCUT2D eigenvalue weighted by Gasteiger charge is -2.40. The summed E-state index contributed by atoms with van der Waals surface area (Å²) in [6, 6.07) is 0. The van der Waals surface area contributed by atoms with Crippen LogP contribution in [0.15, 0.2) is 12.2 Å². The number of nitrogens with one attached hydrogen (secondary N) is 1. The quantitative estimate of drug-likeness (QED) is 0.419. The maximum Gasteiger partial charge on any atom is 0.0181 e. The van der Waals surface area contributed by atoms with Gasteiger partial charge in [0.2, 0.25) is 0 Å². The van der Waals surface area contributed by atoms with Crippen LogP contribution in [0.5, 0.6) is 0 Å². The van der Waals surface area contributed by atoms with E-state index in [1.807, 2.05) is 0 Å². The Labute approximate surface area is 128 Å². The molecule has 0 saturated heterocycles. The Hall–Kier alpha value is -0.300. The summed E-state index contributed by atoms with van der Waals surface area (Å²) in [6.07, 6.45) is 7.42. The van der Waals surface area contributed by atoms with Gasteiger partial charge in [-0.05, 0) is 58.3 Å². The third-order valence-electron chi connectivity index (χ3n) is 4.44. The first-order valence-electron chi connectivity index (χ1n) is 8.43. The highest BCUT2D eigenvalue weighted by Crippen LogP contribution is 2.30. The van der Waals surface area contributed by atoms with Gasteiger partial charge in [0, 0.05) is 11.1 Å². The third kappa shape index (κ3) is 7.47. The highest BCUT2D eigenvalue weighted by atomic mass is 15.0. The van der Waals surface area contributed by atoms with E-state index in [2.05, 4.69) is 67.3 Å². The van der Waals surface area contributed by atoms with Gasteiger partial charge in [-0.2, -0.15) is 0 Å². The summed E-state index contributed by atoms with van der Waals surface area (Å²) in [6.45, 7) is 22.5. The van der Waals surface area contributed by atoms with E-state index in [1.54, 1.807) is 0 Å². The second-order valence-corrected chi connectivity index (χ2v) is 8.42. The molecule has 0 bridgehead atoms. The molecule has 0 spiro atoms. The van der Waals surface area contributed by atoms with Gasteiger partial charge in [-0.1, -0.05) is 53.2 Å². The molecule has 0 aliphatic carbocycles. The molecule has 1 heteroatoms. The standard InChI is InChI=1S/C19H39N/c1-10-19(11-2,20-18(7,8)9)15-13-12-14-16(3)17(4,5)6/h20H,3,10-15H2,1-2,4-9H3. The van der Waals surface area contributed by atoms with E-state index in [-0.39, 0.29) is 11.0 Å². The molecule has 0 aliphatic rings. The summed E-state index contributed by atoms with van der Waals surface area (Å²) in [5.41, 5.74) is 2.15. The minimum absolute atomic E-state index is 0.195. The first-order chi connectivity index (χ1) is 8.96. The predicted octanol–water partition coefficient (Wildman–Crippen LogP) is 6.10. The minimum Gasteiger partial charge on any atom is -0.307 e. The second kappa shape index (κ2) is 7.64. The van der Waals surface area contributed by atoms with Crippen LogP contribution in [0.2, 0.25) is 0 Å². The van der Waals surface area contributed by atoms with E-state index in [4.69, 9.17) is 0 Å². The normalized spacial score (nSPS) is 13.6. The van der Waals surface area contributed by atoms with E-state index in [0.717, 1.165) is 0 Å². The number of hydrogen-bond acceptors (Lipinski definition) is 1. The maximum atomic E-state index is 4.24. The van der Waals surface area contributed by atoms with Gasteiger partial charge in [0.25, 0.3) is 0 Å². The van der Waals surface area contributed by atoms with Gasteiger partial charge in [0.15, 0.2) is 0 Å². The van der Waals surface area contributed by atoms with E-state index in [9.17, 15) is 0 Å². The third-order valence-corrected chi connectivity index (χ3v) is 4.44. The van der Waals surface area contributed by atoms with Gasteiger partial charge in [-0.15, -0.1) is 0 Å². The Balaban J connectivity index is 4.33. The lowest BCUT2D eigenvalue weighted by molar-refractivity contribution is 0.207. The highest BCUT2D eigenvalue weighted by Gasteiger charge is 2.29. The smallest absolute Gasteiger partial charge is 0.0181 e. The van der Waals surface area contributed by atoms with Gasteiger partial charge in [-0.3, -0.25) is 0 Å². The van der Waals surface area contributed by atoms with Crippen molar-refractivity contribution >= 4 is 0 Å². The van der Waals surface area contributed by atoms with Crippen LogP contribution in [0.3, 0.4) is 0 Å². The molecule has 0 radical (unpaired) electrons. The molecule has 0 aromatic rings. The van der Waals surface area contributed by atoms with E-state index in [0.29, 0.717) is 5.54 Å². The van der Waals surface area contributed by atoms with Gasteiger partial charge in [0.1, 0.15) is 0 Å². The zero-order valence-electron chi connectivity index (χ0n) is 15.4. The van der Waals surface area contributed by atoms with Gasteiger partial charge in [0.05, 0.1) is 0 Å². The fourth-order valence-electron chi connectivity index (χ4n) is 2.82. The van der Waals surface area contributed by atoms with Crippen LogP contribution in [0.25, 0.3) is 0 Å². The summed E-state index contributed by atoms with van der Waals surface area (Å²) >= 11 is 0. The molecule has 0 unspecified atom stereocenters. The summed E-state index contributed by atoms with van der Waals surface area (Å²) in [5, 5.41) is 3.87. The number of rotatable bonds is 8. The monoisotopic (exact) mass is 281 g/mol. The first kappa shape index (κ1) is 19.7. The summed E-state index contributed by atoms with van der Waals surface area (Å²) in [5.74, 6) is 0. The first-order valence-corrected chi connectivity index (χ1v) is 8.43. The molecule has 0 fully saturated rings. The topological polar surface area (TPSA) is 12.0 Å². The van der Waals surface area contributed by atoms with Gasteiger partial charge in [-0.25, -0.2) is 0 Å². The summed E-state index contributed by atoms with van der Waals surface area (Å²) in [7, 11) is 0. The van der Waals surface area contributed by atoms with E-state index < -0.39 is 0 Å². The summed E-state index contributed by atoms with van der Waals surface area (Å²) in [4.78, 5) is 0. The highest BCUT2D eigenvalue weighted by molar-refractivity contribution is 5.04. The molecule has 120 valence electrons. The molecule has 0 aliphatic heterocycles. The molecule has 0 atom stereocenters. The summed E-state index contributed by atoms with van der Waals surface area (Å²) < 4.78 is 0. The van der Waals surface area contributed by atoms with Crippen LogP contribution in [-0.2, 0) is 0 Å². The SMILES string of the molecule is C=C(CCCCC(CC)(CC)NC(C)(C)C)C(C)(C)C. The zero-order valence-corrected chi connectivity index (χ0v) is 15.4. The van der Waals surface area contributed by atoms with Crippen molar-refractivity contribution in [1.29, 1.82) is 0 Å². The van der Waals surface area contributed by atoms with Crippen molar-refractivity contribution in [3.05, 3.63) is 12.2 Å². The molecular weight excluding hydrogens is 242 g/mol. The molecular formula is C19H39N. The number of hydrogen-bond donors (Lipinski definition) is 1. The maximum absolute atomic E-state index is 4.24. The molecule has 0 heterocycles. The van der Waals surface area contributed by atoms with Crippen molar-refractivity contribution in [2.75, 3.05) is 0 Å². The van der Waals surface area contributed by atoms with Crippen LogP contribution in [0.1, 0.15) is 93.9 Å². The molecule has 0 amide bonds. The van der Waals surface area contributed by atoms with Crippen LogP contribution in [0, 0.1) is 5.41 Å². The average Bonchev–Trinajstić information content (AvgIpc) is 2.30. The molecule has 0 rings (SSSR count). The van der Waals surface area contributed by atoms with Crippen molar-refractivity contribution in [3.63, 3.8) is 0 Å². The fraction of sp³-hybridized carbons (Fsp3) is 0.895. The van der Waals surface area contributed by atoms with Crippen molar-refractivity contribution in [3.8, 4) is 0 Å². The molecule has 1 N–H and O–H groups in total. The van der Waals surface area contributed by atoms with Crippen molar-refractivity contribution in [2.24, 2.45) is 5.41 Å². The number of allylic oxidation sites excluding steroid dienone is 1. The van der Waals surface area contributed by atoms with Crippen LogP contribution in [0.4, 0.5) is 0 Å². The lowest BCUT2D eigenvalue weighted by atomic mass is 9.82. The minimum atomic E-state index is 0.195. The lowest BCUT2D eigenvalue weighted by Crippen LogP contribution is -2.53. The zero-order chi connectivity index (χ0) is 16.0. The van der Waals surface area contributed by atoms with E-state index in [1.165, 1.54) is 44.1 Å². The predicted molar refractivity (Wildman–Crippen MR) is 93.3 cm³/mol. The second-order valence-electron chi connectivity index (χ2n) is 8.42. The van der Waals surface area contributed by atoms with Gasteiger partial charge >= 0.3 is 0 Å². The Bertz CT molecular complexity index is 284. The molecule has 0 aromatic carbocycles. The molecule has 0 saturated carbocycles.